The first-order valence-corrected chi connectivity index (χ1v) is 13.1. The summed E-state index contributed by atoms with van der Waals surface area (Å²) in [6.07, 6.45) is 10.2. The molecule has 0 radical (unpaired) electrons. The van der Waals surface area contributed by atoms with Crippen molar-refractivity contribution in [2.75, 3.05) is 19.4 Å². The van der Waals surface area contributed by atoms with Crippen molar-refractivity contribution in [1.82, 2.24) is 4.57 Å². The molecule has 0 aromatic carbocycles. The summed E-state index contributed by atoms with van der Waals surface area (Å²) in [5.74, 6) is 1.03. The predicted molar refractivity (Wildman–Crippen MR) is 150 cm³/mol. The Hall–Kier alpha value is -2.54. The molecule has 1 aromatic heterocycles. The summed E-state index contributed by atoms with van der Waals surface area (Å²) >= 11 is 4.21. The van der Waals surface area contributed by atoms with Crippen molar-refractivity contribution < 1.29 is 14.6 Å². The van der Waals surface area contributed by atoms with Crippen LogP contribution in [0.2, 0.25) is 0 Å². The van der Waals surface area contributed by atoms with Crippen LogP contribution in [0.15, 0.2) is 51.6 Å². The summed E-state index contributed by atoms with van der Waals surface area (Å²) < 4.78 is 7.71. The molecule has 0 fully saturated rings. The lowest BCUT2D eigenvalue weighted by Crippen LogP contribution is -2.23. The molecule has 1 aromatic rings. The highest BCUT2D eigenvalue weighted by atomic mass is 32.1. The van der Waals surface area contributed by atoms with Crippen LogP contribution >= 0.6 is 12.6 Å². The average molecular weight is 503 g/mol. The molecule has 1 aliphatic rings. The van der Waals surface area contributed by atoms with Gasteiger partial charge in [0.15, 0.2) is 5.43 Å². The molecule has 0 amide bonds. The van der Waals surface area contributed by atoms with Crippen LogP contribution in [0.25, 0.3) is 5.57 Å². The highest BCUT2D eigenvalue weighted by molar-refractivity contribution is 7.80. The summed E-state index contributed by atoms with van der Waals surface area (Å²) in [7, 11) is 1.72. The zero-order valence-corrected chi connectivity index (χ0v) is 23.2. The quantitative estimate of drug-likeness (QED) is 0.369. The number of thiol groups is 1. The average Bonchev–Trinajstić information content (AvgIpc) is 2.84. The second-order valence-electron chi connectivity index (χ2n) is 8.91. The number of carboxylic acid groups (broad SMARTS) is 1. The van der Waals surface area contributed by atoms with Gasteiger partial charge in [-0.05, 0) is 36.3 Å². The normalized spacial score (nSPS) is 16.5. The molecular formula is C28H42N2O4S. The van der Waals surface area contributed by atoms with Crippen molar-refractivity contribution >= 4 is 29.9 Å². The van der Waals surface area contributed by atoms with Crippen molar-refractivity contribution in [2.24, 2.45) is 16.8 Å². The topological polar surface area (TPSA) is 80.9 Å². The van der Waals surface area contributed by atoms with Gasteiger partial charge in [0.25, 0.3) is 0 Å². The van der Waals surface area contributed by atoms with E-state index < -0.39 is 11.4 Å². The molecule has 0 bridgehead atoms. The molecule has 2 rings (SSSR count). The van der Waals surface area contributed by atoms with Crippen LogP contribution in [0.5, 0.6) is 0 Å². The Morgan fingerprint density at radius 3 is 2.34 bits per heavy atom. The van der Waals surface area contributed by atoms with Gasteiger partial charge in [-0.3, -0.25) is 9.79 Å². The van der Waals surface area contributed by atoms with Crippen LogP contribution in [0.3, 0.4) is 0 Å². The van der Waals surface area contributed by atoms with Gasteiger partial charge in [-0.2, -0.15) is 12.6 Å². The van der Waals surface area contributed by atoms with Gasteiger partial charge >= 0.3 is 5.97 Å². The molecule has 35 heavy (non-hydrogen) atoms. The van der Waals surface area contributed by atoms with E-state index in [1.54, 1.807) is 7.05 Å². The molecule has 1 unspecified atom stereocenters. The lowest BCUT2D eigenvalue weighted by molar-refractivity contribution is 0.0694. The van der Waals surface area contributed by atoms with E-state index in [1.165, 1.54) is 18.7 Å². The van der Waals surface area contributed by atoms with E-state index in [4.69, 9.17) is 4.74 Å². The second-order valence-corrected chi connectivity index (χ2v) is 9.36. The number of allylic oxidation sites excluding steroid dienone is 5. The number of rotatable bonds is 10. The van der Waals surface area contributed by atoms with Gasteiger partial charge in [-0.1, -0.05) is 60.1 Å². The summed E-state index contributed by atoms with van der Waals surface area (Å²) in [5, 5.41) is 9.40. The van der Waals surface area contributed by atoms with E-state index in [0.29, 0.717) is 30.4 Å². The van der Waals surface area contributed by atoms with Gasteiger partial charge < -0.3 is 14.4 Å². The first-order chi connectivity index (χ1) is 16.7. The van der Waals surface area contributed by atoms with E-state index in [1.807, 2.05) is 29.7 Å². The molecular weight excluding hydrogens is 460 g/mol. The number of hydrogen-bond acceptors (Lipinski definition) is 5. The first-order valence-electron chi connectivity index (χ1n) is 12.5. The zero-order valence-electron chi connectivity index (χ0n) is 22.3. The molecule has 1 heterocycles. The third-order valence-electron chi connectivity index (χ3n) is 5.88. The van der Waals surface area contributed by atoms with Gasteiger partial charge in [0.1, 0.15) is 17.0 Å². The van der Waals surface area contributed by atoms with Crippen molar-refractivity contribution in [3.05, 3.63) is 63.3 Å². The molecule has 0 saturated heterocycles. The van der Waals surface area contributed by atoms with E-state index in [9.17, 15) is 14.7 Å². The number of hydrogen-bond donors (Lipinski definition) is 2. The fourth-order valence-corrected chi connectivity index (χ4v) is 3.59. The maximum absolute atomic E-state index is 12.6. The third kappa shape index (κ3) is 8.57. The number of carboxylic acids is 1. The van der Waals surface area contributed by atoms with Crippen LogP contribution in [0.1, 0.15) is 76.9 Å². The predicted octanol–water partition coefficient (Wildman–Crippen LogP) is 6.28. The number of ether oxygens (including phenoxy) is 1. The molecule has 7 heteroatoms. The number of aliphatic imine (C=N–C) groups is 1. The molecule has 6 nitrogen and oxygen atoms in total. The fourth-order valence-electron chi connectivity index (χ4n) is 3.50. The maximum atomic E-state index is 12.6. The van der Waals surface area contributed by atoms with E-state index in [2.05, 4.69) is 52.2 Å². The maximum Gasteiger partial charge on any atom is 0.341 e. The van der Waals surface area contributed by atoms with Gasteiger partial charge in [-0.15, -0.1) is 0 Å². The number of aromatic nitrogens is 1. The van der Waals surface area contributed by atoms with Crippen LogP contribution in [-0.2, 0) is 11.3 Å². The van der Waals surface area contributed by atoms with E-state index in [-0.39, 0.29) is 11.5 Å². The number of pyridine rings is 1. The minimum Gasteiger partial charge on any atom is -0.490 e. The lowest BCUT2D eigenvalue weighted by Gasteiger charge is -2.25. The van der Waals surface area contributed by atoms with Crippen LogP contribution < -0.4 is 5.43 Å². The smallest absolute Gasteiger partial charge is 0.341 e. The Morgan fingerprint density at radius 2 is 1.86 bits per heavy atom. The fraction of sp³-hybridized carbons (Fsp3) is 0.536. The van der Waals surface area contributed by atoms with Gasteiger partial charge in [0.05, 0.1) is 6.61 Å². The van der Waals surface area contributed by atoms with Crippen molar-refractivity contribution in [3.63, 3.8) is 0 Å². The highest BCUT2D eigenvalue weighted by Crippen LogP contribution is 2.33. The lowest BCUT2D eigenvalue weighted by atomic mass is 9.86. The molecule has 0 saturated carbocycles. The minimum atomic E-state index is -1.21. The number of aryl methyl sites for hydroxylation is 1. The Labute approximate surface area is 215 Å². The molecule has 1 N–H and O–H groups in total. The summed E-state index contributed by atoms with van der Waals surface area (Å²) in [6.45, 7) is 13.9. The minimum absolute atomic E-state index is 0.115. The monoisotopic (exact) mass is 502 g/mol. The Morgan fingerprint density at radius 1 is 1.20 bits per heavy atom. The molecule has 194 valence electrons. The largest absolute Gasteiger partial charge is 0.490 e. The molecule has 0 spiro atoms. The van der Waals surface area contributed by atoms with Gasteiger partial charge in [0, 0.05) is 42.9 Å². The Balaban J connectivity index is 0.00000111. The number of nitrogens with zero attached hydrogens (tertiary/aromatic N) is 2. The standard InChI is InChI=1S/C23H30N2O4S.C5H12/c1-5-10-25-14-17(23(27)28)19(26)13-18(25)21(15(3)6-2)16-8-7-9-20(22(16)24-4)29-11-12-30;1-4-5(2)3/h7-9,13-15,30H,5-6,10-12H2,1-4H3,(H,27,28);5H,4H2,1-3H3/b21-16+,24-22?;. The molecule has 1 atom stereocenters. The second kappa shape index (κ2) is 15.5. The van der Waals surface area contributed by atoms with Gasteiger partial charge in [-0.25, -0.2) is 4.79 Å². The van der Waals surface area contributed by atoms with Gasteiger partial charge in [0.2, 0.25) is 0 Å². The molecule has 0 aliphatic heterocycles. The van der Waals surface area contributed by atoms with Crippen molar-refractivity contribution in [3.8, 4) is 0 Å². The van der Waals surface area contributed by atoms with Crippen LogP contribution in [0.4, 0.5) is 0 Å². The van der Waals surface area contributed by atoms with Crippen LogP contribution in [-0.4, -0.2) is 40.8 Å². The van der Waals surface area contributed by atoms with Crippen LogP contribution in [0, 0.1) is 11.8 Å². The zero-order chi connectivity index (χ0) is 26.5. The summed E-state index contributed by atoms with van der Waals surface area (Å²) in [6, 6.07) is 1.45. The van der Waals surface area contributed by atoms with E-state index in [0.717, 1.165) is 35.6 Å². The molecule has 1 aliphatic carbocycles. The summed E-state index contributed by atoms with van der Waals surface area (Å²) in [4.78, 5) is 28.6. The van der Waals surface area contributed by atoms with E-state index >= 15 is 0 Å². The Bertz CT molecular complexity index is 1030. The Kier molecular flexibility index (Phi) is 13.5. The first kappa shape index (κ1) is 30.5. The highest BCUT2D eigenvalue weighted by Gasteiger charge is 2.25. The SMILES string of the molecule is CCC(C)C.CCCn1cc(C(=O)O)c(=O)cc1/C(=C1\C=CC=C(OCCS)C1=NC)C(C)CC. The number of carbonyl (C=O) groups is 1. The summed E-state index contributed by atoms with van der Waals surface area (Å²) in [5.41, 5.74) is 2.56. The third-order valence-corrected chi connectivity index (χ3v) is 6.06. The number of aromatic carboxylic acids is 1. The van der Waals surface area contributed by atoms with Crippen molar-refractivity contribution in [1.29, 1.82) is 0 Å². The van der Waals surface area contributed by atoms with Crippen molar-refractivity contribution in [2.45, 2.75) is 67.3 Å².